The first-order valence-electron chi connectivity index (χ1n) is 4.73. The van der Waals surface area contributed by atoms with Crippen molar-refractivity contribution in [2.24, 2.45) is 0 Å². The second kappa shape index (κ2) is 4.84. The van der Waals surface area contributed by atoms with Gasteiger partial charge in [-0.05, 0) is 24.6 Å². The Morgan fingerprint density at radius 1 is 1.33 bits per heavy atom. The molecule has 0 N–H and O–H groups in total. The molecule has 0 bridgehead atoms. The van der Waals surface area contributed by atoms with Crippen molar-refractivity contribution < 1.29 is 0 Å². The van der Waals surface area contributed by atoms with Gasteiger partial charge in [0, 0.05) is 11.6 Å². The third-order valence-electron chi connectivity index (χ3n) is 1.87. The van der Waals surface area contributed by atoms with Crippen molar-refractivity contribution in [2.45, 2.75) is 6.92 Å². The van der Waals surface area contributed by atoms with Crippen LogP contribution < -0.4 is 0 Å². The van der Waals surface area contributed by atoms with Crippen molar-refractivity contribution in [1.29, 1.82) is 0 Å². The van der Waals surface area contributed by atoms with Gasteiger partial charge in [-0.3, -0.25) is 4.98 Å². The summed E-state index contributed by atoms with van der Waals surface area (Å²) in [4.78, 5) is 8.73. The molecule has 0 spiro atoms. The summed E-state index contributed by atoms with van der Waals surface area (Å²) >= 11 is 1.61. The molecule has 2 nitrogen and oxygen atoms in total. The minimum atomic E-state index is 0.933. The lowest BCUT2D eigenvalue weighted by molar-refractivity contribution is 1.28. The molecule has 0 atom stereocenters. The fourth-order valence-corrected chi connectivity index (χ4v) is 1.93. The molecule has 2 rings (SSSR count). The predicted octanol–water partition coefficient (Wildman–Crippen LogP) is 3.44. The Bertz CT molecular complexity index is 446. The molecule has 75 valence electrons. The SMILES string of the molecule is C[CH]C=Cc1csc(-c2ccccn2)n1. The molecule has 2 aromatic heterocycles. The van der Waals surface area contributed by atoms with E-state index in [9.17, 15) is 0 Å². The van der Waals surface area contributed by atoms with Crippen LogP contribution in [0.25, 0.3) is 16.8 Å². The number of thiazole rings is 1. The second-order valence-corrected chi connectivity index (χ2v) is 3.84. The summed E-state index contributed by atoms with van der Waals surface area (Å²) in [6.07, 6.45) is 7.74. The average molecular weight is 215 g/mol. The molecular formula is C12H11N2S. The topological polar surface area (TPSA) is 25.8 Å². The highest BCUT2D eigenvalue weighted by Crippen LogP contribution is 2.21. The summed E-state index contributed by atoms with van der Waals surface area (Å²) in [6.45, 7) is 1.99. The van der Waals surface area contributed by atoms with Crippen LogP contribution in [0.5, 0.6) is 0 Å². The van der Waals surface area contributed by atoms with Crippen molar-refractivity contribution in [2.75, 3.05) is 0 Å². The molecule has 0 aliphatic carbocycles. The molecule has 0 amide bonds. The van der Waals surface area contributed by atoms with Crippen LogP contribution in [0.15, 0.2) is 35.9 Å². The fraction of sp³-hybridized carbons (Fsp3) is 0.0833. The quantitative estimate of drug-likeness (QED) is 0.783. The molecule has 0 aliphatic rings. The van der Waals surface area contributed by atoms with Gasteiger partial charge in [0.05, 0.1) is 11.4 Å². The summed E-state index contributed by atoms with van der Waals surface area (Å²) in [7, 11) is 0. The van der Waals surface area contributed by atoms with Gasteiger partial charge in [0.1, 0.15) is 5.01 Å². The summed E-state index contributed by atoms with van der Waals surface area (Å²) in [5.74, 6) is 0. The molecule has 1 radical (unpaired) electrons. The standard InChI is InChI=1S/C12H11N2S/c1-2-3-6-10-9-15-12(14-10)11-7-4-5-8-13-11/h2-9H,1H3. The van der Waals surface area contributed by atoms with Gasteiger partial charge in [-0.1, -0.05) is 19.1 Å². The molecular weight excluding hydrogens is 204 g/mol. The number of allylic oxidation sites excluding steroid dienone is 1. The smallest absolute Gasteiger partial charge is 0.142 e. The first-order valence-corrected chi connectivity index (χ1v) is 5.61. The van der Waals surface area contributed by atoms with Crippen LogP contribution in [-0.4, -0.2) is 9.97 Å². The van der Waals surface area contributed by atoms with Crippen LogP contribution in [0.1, 0.15) is 12.6 Å². The maximum atomic E-state index is 4.47. The highest BCUT2D eigenvalue weighted by Gasteiger charge is 2.02. The number of hydrogen-bond acceptors (Lipinski definition) is 3. The normalized spacial score (nSPS) is 11.0. The van der Waals surface area contributed by atoms with Crippen molar-refractivity contribution in [3.63, 3.8) is 0 Å². The molecule has 0 fully saturated rings. The van der Waals surface area contributed by atoms with Crippen LogP contribution in [0.3, 0.4) is 0 Å². The van der Waals surface area contributed by atoms with Crippen LogP contribution in [0.2, 0.25) is 0 Å². The molecule has 3 heteroatoms. The Kier molecular flexibility index (Phi) is 3.25. The third kappa shape index (κ3) is 2.50. The summed E-state index contributed by atoms with van der Waals surface area (Å²) in [5, 5.41) is 3.00. The highest BCUT2D eigenvalue weighted by molar-refractivity contribution is 7.13. The minimum absolute atomic E-state index is 0.933. The summed E-state index contributed by atoms with van der Waals surface area (Å²) < 4.78 is 0. The van der Waals surface area contributed by atoms with Crippen molar-refractivity contribution in [1.82, 2.24) is 9.97 Å². The van der Waals surface area contributed by atoms with E-state index < -0.39 is 0 Å². The molecule has 0 aliphatic heterocycles. The van der Waals surface area contributed by atoms with Crippen LogP contribution in [0.4, 0.5) is 0 Å². The lowest BCUT2D eigenvalue weighted by Crippen LogP contribution is -1.80. The van der Waals surface area contributed by atoms with E-state index in [0.717, 1.165) is 16.4 Å². The first-order chi connectivity index (χ1) is 7.40. The highest BCUT2D eigenvalue weighted by atomic mass is 32.1. The fourth-order valence-electron chi connectivity index (χ4n) is 1.16. The Hall–Kier alpha value is -1.48. The van der Waals surface area contributed by atoms with E-state index in [2.05, 4.69) is 9.97 Å². The molecule has 0 aromatic carbocycles. The zero-order chi connectivity index (χ0) is 10.5. The van der Waals surface area contributed by atoms with Crippen molar-refractivity contribution >= 4 is 17.4 Å². The van der Waals surface area contributed by atoms with Gasteiger partial charge in [0.2, 0.25) is 0 Å². The van der Waals surface area contributed by atoms with E-state index in [-0.39, 0.29) is 0 Å². The molecule has 0 unspecified atom stereocenters. The van der Waals surface area contributed by atoms with Gasteiger partial charge in [-0.2, -0.15) is 0 Å². The average Bonchev–Trinajstić information content (AvgIpc) is 2.76. The van der Waals surface area contributed by atoms with Gasteiger partial charge in [-0.15, -0.1) is 11.3 Å². The number of rotatable bonds is 3. The number of hydrogen-bond donors (Lipinski definition) is 0. The number of aromatic nitrogens is 2. The molecule has 0 saturated carbocycles. The largest absolute Gasteiger partial charge is 0.254 e. The van der Waals surface area contributed by atoms with E-state index in [1.165, 1.54) is 0 Å². The third-order valence-corrected chi connectivity index (χ3v) is 2.75. The first kappa shape index (κ1) is 10.1. The zero-order valence-electron chi connectivity index (χ0n) is 8.42. The maximum absolute atomic E-state index is 4.47. The number of nitrogens with zero attached hydrogens (tertiary/aromatic N) is 2. The second-order valence-electron chi connectivity index (χ2n) is 2.98. The van der Waals surface area contributed by atoms with Gasteiger partial charge in [0.25, 0.3) is 0 Å². The zero-order valence-corrected chi connectivity index (χ0v) is 9.24. The van der Waals surface area contributed by atoms with Gasteiger partial charge in [-0.25, -0.2) is 4.98 Å². The van der Waals surface area contributed by atoms with Gasteiger partial charge in [0.15, 0.2) is 0 Å². The van der Waals surface area contributed by atoms with Crippen molar-refractivity contribution in [3.8, 4) is 10.7 Å². The Morgan fingerprint density at radius 2 is 2.27 bits per heavy atom. The predicted molar refractivity (Wildman–Crippen MR) is 64.4 cm³/mol. The van der Waals surface area contributed by atoms with Crippen LogP contribution in [-0.2, 0) is 0 Å². The van der Waals surface area contributed by atoms with Gasteiger partial charge < -0.3 is 0 Å². The van der Waals surface area contributed by atoms with Crippen molar-refractivity contribution in [3.05, 3.63) is 48.0 Å². The van der Waals surface area contributed by atoms with Crippen LogP contribution >= 0.6 is 11.3 Å². The molecule has 2 heterocycles. The molecule has 15 heavy (non-hydrogen) atoms. The lowest BCUT2D eigenvalue weighted by atomic mass is 10.3. The monoisotopic (exact) mass is 215 g/mol. The van der Waals surface area contributed by atoms with E-state index in [1.807, 2.05) is 49.1 Å². The maximum Gasteiger partial charge on any atom is 0.142 e. The number of pyridine rings is 1. The van der Waals surface area contributed by atoms with E-state index >= 15 is 0 Å². The van der Waals surface area contributed by atoms with E-state index in [4.69, 9.17) is 0 Å². The lowest BCUT2D eigenvalue weighted by Gasteiger charge is -1.91. The van der Waals surface area contributed by atoms with E-state index in [0.29, 0.717) is 0 Å². The van der Waals surface area contributed by atoms with Crippen LogP contribution in [0, 0.1) is 6.42 Å². The summed E-state index contributed by atoms with van der Waals surface area (Å²) in [6, 6.07) is 5.85. The summed E-state index contributed by atoms with van der Waals surface area (Å²) in [5.41, 5.74) is 1.92. The molecule has 2 aromatic rings. The van der Waals surface area contributed by atoms with E-state index in [1.54, 1.807) is 17.5 Å². The Balaban J connectivity index is 2.24. The minimum Gasteiger partial charge on any atom is -0.254 e. The Morgan fingerprint density at radius 3 is 3.00 bits per heavy atom. The van der Waals surface area contributed by atoms with Gasteiger partial charge >= 0.3 is 0 Å². The molecule has 0 saturated heterocycles. The Labute approximate surface area is 93.3 Å².